The van der Waals surface area contributed by atoms with Crippen molar-refractivity contribution in [3.63, 3.8) is 0 Å². The average molecular weight is 254 g/mol. The molecule has 1 unspecified atom stereocenters. The molecule has 104 valence electrons. The number of likely N-dealkylation sites (N-methyl/N-ethyl adjacent to an activating group) is 1. The second-order valence-corrected chi connectivity index (χ2v) is 6.08. The lowest BCUT2D eigenvalue weighted by Crippen LogP contribution is -2.36. The number of alkyl carbamates (subject to hydrolysis) is 1. The molecule has 0 aromatic heterocycles. The van der Waals surface area contributed by atoms with E-state index < -0.39 is 5.60 Å². The lowest BCUT2D eigenvalue weighted by atomic mass is 9.95. The number of amides is 1. The standard InChI is InChI=1S/C14H26N2O2/c1-11(12-6-8-16(5)9-7-12)10-15-13(17)18-14(2,3)4/h6,11H,7-10H2,1-5H3,(H,15,17). The van der Waals surface area contributed by atoms with E-state index in [0.717, 1.165) is 19.5 Å². The maximum absolute atomic E-state index is 11.5. The van der Waals surface area contributed by atoms with Gasteiger partial charge in [-0.05, 0) is 40.2 Å². The zero-order chi connectivity index (χ0) is 13.8. The molecule has 1 amide bonds. The second-order valence-electron chi connectivity index (χ2n) is 6.08. The topological polar surface area (TPSA) is 41.6 Å². The molecule has 1 aliphatic rings. The number of rotatable bonds is 3. The fraction of sp³-hybridized carbons (Fsp3) is 0.786. The fourth-order valence-electron chi connectivity index (χ4n) is 1.92. The van der Waals surface area contributed by atoms with Gasteiger partial charge in [-0.25, -0.2) is 4.79 Å². The van der Waals surface area contributed by atoms with E-state index >= 15 is 0 Å². The molecule has 0 spiro atoms. The van der Waals surface area contributed by atoms with Gasteiger partial charge in [0.15, 0.2) is 0 Å². The van der Waals surface area contributed by atoms with Crippen LogP contribution in [-0.4, -0.2) is 43.3 Å². The van der Waals surface area contributed by atoms with E-state index in [9.17, 15) is 4.79 Å². The van der Waals surface area contributed by atoms with Crippen molar-refractivity contribution in [2.24, 2.45) is 5.92 Å². The molecule has 0 aromatic carbocycles. The van der Waals surface area contributed by atoms with Crippen LogP contribution in [0.25, 0.3) is 0 Å². The molecule has 4 heteroatoms. The van der Waals surface area contributed by atoms with Gasteiger partial charge in [-0.15, -0.1) is 0 Å². The highest BCUT2D eigenvalue weighted by atomic mass is 16.6. The van der Waals surface area contributed by atoms with Crippen molar-refractivity contribution < 1.29 is 9.53 Å². The Kier molecular flexibility index (Phi) is 5.20. The van der Waals surface area contributed by atoms with Crippen LogP contribution < -0.4 is 5.32 Å². The quantitative estimate of drug-likeness (QED) is 0.786. The zero-order valence-electron chi connectivity index (χ0n) is 12.2. The van der Waals surface area contributed by atoms with Crippen molar-refractivity contribution >= 4 is 6.09 Å². The van der Waals surface area contributed by atoms with Crippen LogP contribution >= 0.6 is 0 Å². The van der Waals surface area contributed by atoms with Gasteiger partial charge in [0.05, 0.1) is 0 Å². The number of hydrogen-bond acceptors (Lipinski definition) is 3. The Balaban J connectivity index is 2.33. The van der Waals surface area contributed by atoms with Crippen LogP contribution in [0.5, 0.6) is 0 Å². The molecule has 0 saturated carbocycles. The SMILES string of the molecule is CC(CNC(=O)OC(C)(C)C)C1=CCN(C)CC1. The number of nitrogens with one attached hydrogen (secondary N) is 1. The van der Waals surface area contributed by atoms with E-state index in [1.165, 1.54) is 5.57 Å². The monoisotopic (exact) mass is 254 g/mol. The van der Waals surface area contributed by atoms with Gasteiger partial charge in [0.25, 0.3) is 0 Å². The lowest BCUT2D eigenvalue weighted by molar-refractivity contribution is 0.0522. The van der Waals surface area contributed by atoms with Crippen LogP contribution in [0.3, 0.4) is 0 Å². The van der Waals surface area contributed by atoms with Crippen molar-refractivity contribution in [3.8, 4) is 0 Å². The number of hydrogen-bond donors (Lipinski definition) is 1. The molecule has 4 nitrogen and oxygen atoms in total. The first kappa shape index (κ1) is 15.0. The summed E-state index contributed by atoms with van der Waals surface area (Å²) in [5.41, 5.74) is 1.00. The predicted octanol–water partition coefficient (Wildman–Crippen LogP) is 2.41. The Morgan fingerprint density at radius 2 is 2.22 bits per heavy atom. The van der Waals surface area contributed by atoms with Crippen molar-refractivity contribution in [1.82, 2.24) is 10.2 Å². The third-order valence-electron chi connectivity index (χ3n) is 3.03. The van der Waals surface area contributed by atoms with Crippen LogP contribution in [0, 0.1) is 5.92 Å². The molecule has 1 rings (SSSR count). The van der Waals surface area contributed by atoms with Crippen molar-refractivity contribution in [1.29, 1.82) is 0 Å². The minimum atomic E-state index is -0.430. The van der Waals surface area contributed by atoms with E-state index in [4.69, 9.17) is 4.74 Å². The molecule has 0 saturated heterocycles. The molecule has 1 atom stereocenters. The highest BCUT2D eigenvalue weighted by Gasteiger charge is 2.18. The number of ether oxygens (including phenoxy) is 1. The summed E-state index contributed by atoms with van der Waals surface area (Å²) in [6, 6.07) is 0. The Hall–Kier alpha value is -1.03. The summed E-state index contributed by atoms with van der Waals surface area (Å²) in [5.74, 6) is 0.381. The summed E-state index contributed by atoms with van der Waals surface area (Å²) in [4.78, 5) is 13.8. The fourth-order valence-corrected chi connectivity index (χ4v) is 1.92. The van der Waals surface area contributed by atoms with Crippen LogP contribution in [0.4, 0.5) is 4.79 Å². The molecular weight excluding hydrogens is 228 g/mol. The second kappa shape index (κ2) is 6.23. The normalized spacial score (nSPS) is 19.1. The Morgan fingerprint density at radius 1 is 1.56 bits per heavy atom. The van der Waals surface area contributed by atoms with Crippen molar-refractivity contribution in [3.05, 3.63) is 11.6 Å². The molecule has 1 N–H and O–H groups in total. The summed E-state index contributed by atoms with van der Waals surface area (Å²) in [6.45, 7) is 10.5. The summed E-state index contributed by atoms with van der Waals surface area (Å²) in [6.07, 6.45) is 3.03. The van der Waals surface area contributed by atoms with E-state index in [2.05, 4.69) is 30.3 Å². The van der Waals surface area contributed by atoms with Gasteiger partial charge in [-0.2, -0.15) is 0 Å². The highest BCUT2D eigenvalue weighted by Crippen LogP contribution is 2.18. The first-order valence-electron chi connectivity index (χ1n) is 6.62. The average Bonchev–Trinajstić information content (AvgIpc) is 2.24. The molecule has 0 radical (unpaired) electrons. The van der Waals surface area contributed by atoms with Gasteiger partial charge < -0.3 is 15.0 Å². The molecule has 0 fully saturated rings. The highest BCUT2D eigenvalue weighted by molar-refractivity contribution is 5.67. The molecular formula is C14H26N2O2. The predicted molar refractivity (Wildman–Crippen MR) is 73.6 cm³/mol. The molecule has 0 bridgehead atoms. The Morgan fingerprint density at radius 3 is 2.72 bits per heavy atom. The Labute approximate surface area is 110 Å². The summed E-state index contributed by atoms with van der Waals surface area (Å²) in [7, 11) is 2.12. The van der Waals surface area contributed by atoms with Gasteiger partial charge in [-0.1, -0.05) is 18.6 Å². The largest absolute Gasteiger partial charge is 0.444 e. The summed E-state index contributed by atoms with van der Waals surface area (Å²) < 4.78 is 5.21. The summed E-state index contributed by atoms with van der Waals surface area (Å²) in [5, 5.41) is 2.83. The van der Waals surface area contributed by atoms with Gasteiger partial charge >= 0.3 is 6.09 Å². The first-order chi connectivity index (χ1) is 8.28. The third-order valence-corrected chi connectivity index (χ3v) is 3.03. The minimum Gasteiger partial charge on any atom is -0.444 e. The first-order valence-corrected chi connectivity index (χ1v) is 6.62. The maximum atomic E-state index is 11.5. The third kappa shape index (κ3) is 5.54. The van der Waals surface area contributed by atoms with Gasteiger partial charge in [0.2, 0.25) is 0 Å². The zero-order valence-corrected chi connectivity index (χ0v) is 12.2. The lowest BCUT2D eigenvalue weighted by Gasteiger charge is -2.26. The van der Waals surface area contributed by atoms with E-state index in [0.29, 0.717) is 12.5 Å². The van der Waals surface area contributed by atoms with Crippen molar-refractivity contribution in [2.75, 3.05) is 26.7 Å². The van der Waals surface area contributed by atoms with Crippen LogP contribution in [0.15, 0.2) is 11.6 Å². The minimum absolute atomic E-state index is 0.331. The molecule has 1 aliphatic heterocycles. The summed E-state index contributed by atoms with van der Waals surface area (Å²) >= 11 is 0. The number of nitrogens with zero attached hydrogens (tertiary/aromatic N) is 1. The van der Waals surface area contributed by atoms with Crippen LogP contribution in [0.1, 0.15) is 34.1 Å². The van der Waals surface area contributed by atoms with E-state index in [-0.39, 0.29) is 6.09 Å². The Bertz CT molecular complexity index is 318. The van der Waals surface area contributed by atoms with E-state index in [1.807, 2.05) is 20.8 Å². The molecule has 0 aromatic rings. The van der Waals surface area contributed by atoms with Gasteiger partial charge in [0, 0.05) is 19.6 Å². The van der Waals surface area contributed by atoms with Crippen LogP contribution in [-0.2, 0) is 4.74 Å². The number of carbonyl (C=O) groups is 1. The number of carbonyl (C=O) groups excluding carboxylic acids is 1. The van der Waals surface area contributed by atoms with Crippen LogP contribution in [0.2, 0.25) is 0 Å². The molecule has 18 heavy (non-hydrogen) atoms. The van der Waals surface area contributed by atoms with Gasteiger partial charge in [0.1, 0.15) is 5.60 Å². The van der Waals surface area contributed by atoms with E-state index in [1.54, 1.807) is 0 Å². The molecule has 1 heterocycles. The van der Waals surface area contributed by atoms with Gasteiger partial charge in [-0.3, -0.25) is 0 Å². The molecule has 0 aliphatic carbocycles. The smallest absolute Gasteiger partial charge is 0.407 e. The maximum Gasteiger partial charge on any atom is 0.407 e. The van der Waals surface area contributed by atoms with Crippen molar-refractivity contribution in [2.45, 2.75) is 39.7 Å².